The molecule has 2 aromatic carbocycles. The maximum Gasteiger partial charge on any atom is 0.417 e. The van der Waals surface area contributed by atoms with Crippen molar-refractivity contribution in [2.75, 3.05) is 7.05 Å². The van der Waals surface area contributed by atoms with Crippen LogP contribution in [0.2, 0.25) is 0 Å². The zero-order chi connectivity index (χ0) is 30.6. The highest BCUT2D eigenvalue weighted by Crippen LogP contribution is 2.54. The van der Waals surface area contributed by atoms with Gasteiger partial charge in [-0.15, -0.1) is 0 Å². The van der Waals surface area contributed by atoms with Crippen molar-refractivity contribution in [2.24, 2.45) is 5.73 Å². The first-order valence-corrected chi connectivity index (χ1v) is 13.3. The Labute approximate surface area is 239 Å². The third-order valence-electron chi connectivity index (χ3n) is 8.80. The molecule has 2 aromatic heterocycles. The van der Waals surface area contributed by atoms with E-state index >= 15 is 4.39 Å². The van der Waals surface area contributed by atoms with Crippen LogP contribution in [0.4, 0.5) is 26.3 Å². The van der Waals surface area contributed by atoms with Gasteiger partial charge in [-0.2, -0.15) is 22.0 Å². The number of pyridine rings is 1. The zero-order valence-corrected chi connectivity index (χ0v) is 22.4. The average Bonchev–Trinajstić information content (AvgIpc) is 3.44. The minimum Gasteiger partial charge on any atom is -0.434 e. The van der Waals surface area contributed by atoms with E-state index < -0.39 is 54.7 Å². The van der Waals surface area contributed by atoms with E-state index in [0.29, 0.717) is 40.0 Å². The fraction of sp³-hybridized carbons (Fsp3) is 0.345. The van der Waals surface area contributed by atoms with Gasteiger partial charge in [0, 0.05) is 49.2 Å². The zero-order valence-electron chi connectivity index (χ0n) is 22.4. The van der Waals surface area contributed by atoms with Gasteiger partial charge in [0.05, 0.1) is 34.3 Å². The number of carbonyl (C=O) groups excluding carboxylic acids is 1. The molecule has 1 amide bonds. The second-order valence-corrected chi connectivity index (χ2v) is 11.4. The van der Waals surface area contributed by atoms with Gasteiger partial charge in [0.25, 0.3) is 5.91 Å². The Hall–Kier alpha value is -4.17. The number of imidazole rings is 1. The van der Waals surface area contributed by atoms with E-state index in [1.807, 2.05) is 4.57 Å². The number of benzene rings is 2. The van der Waals surface area contributed by atoms with E-state index in [1.165, 1.54) is 23.2 Å². The number of alkyl halides is 5. The molecule has 8 nitrogen and oxygen atoms in total. The normalized spacial score (nSPS) is 26.4. The molecule has 224 valence electrons. The molecule has 0 saturated heterocycles. The first-order valence-electron chi connectivity index (χ1n) is 13.3. The van der Waals surface area contributed by atoms with Crippen molar-refractivity contribution < 1.29 is 41.0 Å². The largest absolute Gasteiger partial charge is 0.434 e. The number of hydrogen-bond acceptors (Lipinski definition) is 6. The Morgan fingerprint density at radius 1 is 1.12 bits per heavy atom. The summed E-state index contributed by atoms with van der Waals surface area (Å²) in [6.07, 6.45) is -5.08. The number of fused-ring (bicyclic) bond motifs is 9. The molecule has 2 aliphatic heterocycles. The molecule has 2 bridgehead atoms. The van der Waals surface area contributed by atoms with Crippen LogP contribution in [0, 0.1) is 5.82 Å². The van der Waals surface area contributed by atoms with Crippen molar-refractivity contribution in [1.82, 2.24) is 19.4 Å². The number of nitrogens with zero attached hydrogens (tertiary/aromatic N) is 4. The van der Waals surface area contributed by atoms with Gasteiger partial charge in [0.1, 0.15) is 17.4 Å². The standard InChI is InChI=1S/C29H23F6N5O3/c1-39-20-9-19(22-15(25(39)41)3-2-4-21(22)43-26(31)32)40-18-8-13(5-6-17(18)38-24(20)40)14-7-16(30)23(37-10-14)27(36)11-28(42,12-27)29(33,34)35/h2-8,10,19-20,26,42H,9,11-12,36H2,1H3/t19-,20-,27?,28?/m1/s1. The molecule has 1 fully saturated rings. The van der Waals surface area contributed by atoms with E-state index in [-0.39, 0.29) is 22.9 Å². The minimum absolute atomic E-state index is 0.114. The molecule has 1 aliphatic carbocycles. The molecule has 43 heavy (non-hydrogen) atoms. The smallest absolute Gasteiger partial charge is 0.417 e. The van der Waals surface area contributed by atoms with Crippen LogP contribution in [0.5, 0.6) is 5.75 Å². The number of nitrogens with two attached hydrogens (primary N) is 1. The average molecular weight is 604 g/mol. The lowest BCUT2D eigenvalue weighted by atomic mass is 9.63. The first-order chi connectivity index (χ1) is 20.2. The molecule has 3 aliphatic rings. The maximum absolute atomic E-state index is 15.3. The molecule has 14 heteroatoms. The summed E-state index contributed by atoms with van der Waals surface area (Å²) in [5.41, 5.74) is 3.35. The van der Waals surface area contributed by atoms with Crippen molar-refractivity contribution in [2.45, 2.75) is 55.3 Å². The Morgan fingerprint density at radius 2 is 1.86 bits per heavy atom. The number of halogens is 6. The van der Waals surface area contributed by atoms with Gasteiger partial charge in [-0.3, -0.25) is 9.78 Å². The van der Waals surface area contributed by atoms with Gasteiger partial charge >= 0.3 is 12.8 Å². The van der Waals surface area contributed by atoms with E-state index in [9.17, 15) is 31.9 Å². The third kappa shape index (κ3) is 3.95. The molecule has 1 saturated carbocycles. The molecular formula is C29H23F6N5O3. The van der Waals surface area contributed by atoms with Gasteiger partial charge in [-0.05, 0) is 35.9 Å². The molecule has 2 atom stereocenters. The van der Waals surface area contributed by atoms with Crippen LogP contribution in [0.15, 0.2) is 48.7 Å². The fourth-order valence-electron chi connectivity index (χ4n) is 6.78. The topological polar surface area (TPSA) is 106 Å². The van der Waals surface area contributed by atoms with Crippen molar-refractivity contribution in [3.63, 3.8) is 0 Å². The van der Waals surface area contributed by atoms with Gasteiger partial charge in [-0.1, -0.05) is 12.1 Å². The number of aliphatic hydroxyl groups is 1. The lowest BCUT2D eigenvalue weighted by molar-refractivity contribution is -0.304. The highest BCUT2D eigenvalue weighted by Gasteiger charge is 2.67. The number of rotatable bonds is 4. The predicted molar refractivity (Wildman–Crippen MR) is 140 cm³/mol. The number of ether oxygens (including phenoxy) is 1. The van der Waals surface area contributed by atoms with Gasteiger partial charge in [0.2, 0.25) is 0 Å². The number of carbonyl (C=O) groups is 1. The van der Waals surface area contributed by atoms with E-state index in [4.69, 9.17) is 15.5 Å². The summed E-state index contributed by atoms with van der Waals surface area (Å²) >= 11 is 0. The third-order valence-corrected chi connectivity index (χ3v) is 8.80. The summed E-state index contributed by atoms with van der Waals surface area (Å²) in [5, 5.41) is 9.83. The Bertz CT molecular complexity index is 1820. The quantitative estimate of drug-likeness (QED) is 0.311. The van der Waals surface area contributed by atoms with Crippen molar-refractivity contribution >= 4 is 16.9 Å². The second-order valence-electron chi connectivity index (χ2n) is 11.4. The highest BCUT2D eigenvalue weighted by atomic mass is 19.4. The lowest BCUT2D eigenvalue weighted by Gasteiger charge is -2.51. The lowest BCUT2D eigenvalue weighted by Crippen LogP contribution is -2.66. The van der Waals surface area contributed by atoms with Crippen LogP contribution in [-0.2, 0) is 5.54 Å². The molecule has 4 heterocycles. The van der Waals surface area contributed by atoms with Crippen LogP contribution in [0.25, 0.3) is 22.2 Å². The molecule has 0 unspecified atom stereocenters. The summed E-state index contributed by atoms with van der Waals surface area (Å²) in [6.45, 7) is -3.11. The minimum atomic E-state index is -4.90. The monoisotopic (exact) mass is 603 g/mol. The Morgan fingerprint density at radius 3 is 2.53 bits per heavy atom. The van der Waals surface area contributed by atoms with Gasteiger partial charge in [-0.25, -0.2) is 9.37 Å². The van der Waals surface area contributed by atoms with Crippen molar-refractivity contribution in [3.05, 3.63) is 77.1 Å². The molecule has 0 spiro atoms. The van der Waals surface area contributed by atoms with Crippen molar-refractivity contribution in [1.29, 1.82) is 0 Å². The SMILES string of the molecule is CN1C(=O)c2cccc(OC(F)F)c2[C@H]2C[C@@H]1c1nc3ccc(-c4cnc(C5(N)CC(O)(C(F)(F)F)C5)c(F)c4)cc3n12. The number of amides is 1. The summed E-state index contributed by atoms with van der Waals surface area (Å²) in [6, 6.07) is 9.62. The molecular weight excluding hydrogens is 580 g/mol. The molecule has 0 radical (unpaired) electrons. The van der Waals surface area contributed by atoms with Crippen molar-refractivity contribution in [3.8, 4) is 16.9 Å². The summed E-state index contributed by atoms with van der Waals surface area (Å²) < 4.78 is 88.1. The van der Waals surface area contributed by atoms with Crippen LogP contribution < -0.4 is 10.5 Å². The fourth-order valence-corrected chi connectivity index (χ4v) is 6.78. The summed E-state index contributed by atoms with van der Waals surface area (Å²) in [7, 11) is 1.62. The summed E-state index contributed by atoms with van der Waals surface area (Å²) in [4.78, 5) is 23.6. The maximum atomic E-state index is 15.3. The van der Waals surface area contributed by atoms with Gasteiger partial charge < -0.3 is 25.0 Å². The number of aromatic nitrogens is 3. The van der Waals surface area contributed by atoms with Crippen LogP contribution in [0.1, 0.15) is 58.8 Å². The Balaban J connectivity index is 1.30. The first kappa shape index (κ1) is 27.7. The number of hydrogen-bond donors (Lipinski definition) is 2. The highest BCUT2D eigenvalue weighted by molar-refractivity contribution is 5.98. The predicted octanol–water partition coefficient (Wildman–Crippen LogP) is 5.20. The van der Waals surface area contributed by atoms with E-state index in [0.717, 1.165) is 6.07 Å². The Kier molecular flexibility index (Phi) is 5.74. The van der Waals surface area contributed by atoms with Gasteiger partial charge in [0.15, 0.2) is 5.60 Å². The summed E-state index contributed by atoms with van der Waals surface area (Å²) in [5.74, 6) is -0.826. The molecule has 4 aromatic rings. The van der Waals surface area contributed by atoms with Crippen LogP contribution >= 0.6 is 0 Å². The van der Waals surface area contributed by atoms with E-state index in [2.05, 4.69) is 4.98 Å². The van der Waals surface area contributed by atoms with Crippen LogP contribution in [-0.4, -0.2) is 55.9 Å². The molecule has 7 rings (SSSR count). The van der Waals surface area contributed by atoms with E-state index in [1.54, 1.807) is 31.3 Å². The molecule has 3 N–H and O–H groups in total. The van der Waals surface area contributed by atoms with Crippen LogP contribution in [0.3, 0.4) is 0 Å². The second kappa shape index (κ2) is 8.92.